The molecule has 0 atom stereocenters. The summed E-state index contributed by atoms with van der Waals surface area (Å²) in [5.41, 5.74) is 3.71. The summed E-state index contributed by atoms with van der Waals surface area (Å²) < 4.78 is 1.68. The Labute approximate surface area is 127 Å². The summed E-state index contributed by atoms with van der Waals surface area (Å²) in [6.07, 6.45) is 1.77. The van der Waals surface area contributed by atoms with Crippen LogP contribution in [0.3, 0.4) is 0 Å². The molecule has 0 aliphatic heterocycles. The van der Waals surface area contributed by atoms with Crippen molar-refractivity contribution in [1.29, 1.82) is 0 Å². The maximum atomic E-state index is 12.4. The maximum Gasteiger partial charge on any atom is 0.251 e. The van der Waals surface area contributed by atoms with Crippen molar-refractivity contribution in [1.82, 2.24) is 9.55 Å². The van der Waals surface area contributed by atoms with Gasteiger partial charge in [0.2, 0.25) is 0 Å². The smallest absolute Gasteiger partial charge is 0.251 e. The van der Waals surface area contributed by atoms with E-state index in [1.807, 2.05) is 42.5 Å². The molecule has 0 bridgehead atoms. The third kappa shape index (κ3) is 1.83. The molecule has 2 aromatic heterocycles. The van der Waals surface area contributed by atoms with E-state index in [0.717, 1.165) is 32.9 Å². The van der Waals surface area contributed by atoms with Gasteiger partial charge in [0.1, 0.15) is 0 Å². The van der Waals surface area contributed by atoms with Crippen LogP contribution in [0.2, 0.25) is 0 Å². The summed E-state index contributed by atoms with van der Waals surface area (Å²) in [6.45, 7) is 0. The van der Waals surface area contributed by atoms with Crippen LogP contribution in [0, 0.1) is 0 Å². The Morgan fingerprint density at radius 2 is 1.77 bits per heavy atom. The molecule has 0 aliphatic rings. The van der Waals surface area contributed by atoms with E-state index in [9.17, 15) is 4.79 Å². The lowest BCUT2D eigenvalue weighted by molar-refractivity contribution is 0.909. The number of fused-ring (bicyclic) bond motifs is 3. The number of benzene rings is 2. The highest BCUT2D eigenvalue weighted by Gasteiger charge is 2.11. The van der Waals surface area contributed by atoms with Crippen molar-refractivity contribution in [2.75, 3.05) is 0 Å². The van der Waals surface area contributed by atoms with Crippen LogP contribution in [0.15, 0.2) is 71.7 Å². The normalized spacial score (nSPS) is 11.1. The van der Waals surface area contributed by atoms with Gasteiger partial charge in [-0.2, -0.15) is 0 Å². The van der Waals surface area contributed by atoms with Gasteiger partial charge in [-0.3, -0.25) is 9.78 Å². The molecular weight excluding hydrogens is 272 g/mol. The topological polar surface area (TPSA) is 34.9 Å². The molecule has 0 saturated carbocycles. The molecule has 2 aromatic carbocycles. The van der Waals surface area contributed by atoms with Crippen molar-refractivity contribution < 1.29 is 0 Å². The first-order valence-corrected chi connectivity index (χ1v) is 7.18. The summed E-state index contributed by atoms with van der Waals surface area (Å²) in [6, 6.07) is 19.7. The summed E-state index contributed by atoms with van der Waals surface area (Å²) in [5.74, 6) is 0. The van der Waals surface area contributed by atoms with E-state index < -0.39 is 0 Å². The Bertz CT molecular complexity index is 1050. The fraction of sp³-hybridized carbons (Fsp3) is 0.0526. The van der Waals surface area contributed by atoms with Gasteiger partial charge in [0, 0.05) is 30.1 Å². The summed E-state index contributed by atoms with van der Waals surface area (Å²) in [4.78, 5) is 16.9. The van der Waals surface area contributed by atoms with Gasteiger partial charge in [0.05, 0.1) is 11.0 Å². The summed E-state index contributed by atoms with van der Waals surface area (Å²) in [5, 5.41) is 2.08. The number of nitrogens with zero attached hydrogens (tertiary/aromatic N) is 2. The molecule has 4 aromatic rings. The quantitative estimate of drug-likeness (QED) is 0.499. The molecule has 4 rings (SSSR count). The largest absolute Gasteiger partial charge is 0.309 e. The van der Waals surface area contributed by atoms with E-state index >= 15 is 0 Å². The molecule has 106 valence electrons. The predicted molar refractivity (Wildman–Crippen MR) is 89.9 cm³/mol. The van der Waals surface area contributed by atoms with Crippen LogP contribution in [0.5, 0.6) is 0 Å². The lowest BCUT2D eigenvalue weighted by atomic mass is 9.99. The van der Waals surface area contributed by atoms with Crippen molar-refractivity contribution in [2.45, 2.75) is 0 Å². The van der Waals surface area contributed by atoms with Crippen LogP contribution in [0.25, 0.3) is 32.9 Å². The number of aromatic nitrogens is 2. The molecule has 22 heavy (non-hydrogen) atoms. The van der Waals surface area contributed by atoms with E-state index in [-0.39, 0.29) is 5.56 Å². The van der Waals surface area contributed by atoms with Crippen LogP contribution in [0.4, 0.5) is 0 Å². The van der Waals surface area contributed by atoms with Gasteiger partial charge in [-0.1, -0.05) is 48.5 Å². The second kappa shape index (κ2) is 4.81. The van der Waals surface area contributed by atoms with Crippen molar-refractivity contribution >= 4 is 21.8 Å². The second-order valence-electron chi connectivity index (χ2n) is 5.36. The van der Waals surface area contributed by atoms with Gasteiger partial charge < -0.3 is 4.57 Å². The Morgan fingerprint density at radius 1 is 0.955 bits per heavy atom. The molecule has 0 unspecified atom stereocenters. The minimum atomic E-state index is -0.0236. The number of pyridine rings is 2. The Hall–Kier alpha value is -2.94. The standard InChI is InChI=1S/C19H14N2O/c1-21-17(22)12-16(13-6-3-2-4-7-13)15-10-9-14-8-5-11-20-18(14)19(15)21/h2-12H,1H3. The van der Waals surface area contributed by atoms with Crippen molar-refractivity contribution in [3.8, 4) is 11.1 Å². The summed E-state index contributed by atoms with van der Waals surface area (Å²) in [7, 11) is 1.80. The molecule has 0 amide bonds. The average molecular weight is 286 g/mol. The lowest BCUT2D eigenvalue weighted by Gasteiger charge is -2.12. The zero-order valence-electron chi connectivity index (χ0n) is 12.2. The first-order valence-electron chi connectivity index (χ1n) is 7.18. The van der Waals surface area contributed by atoms with Crippen LogP contribution in [-0.4, -0.2) is 9.55 Å². The van der Waals surface area contributed by atoms with Crippen LogP contribution < -0.4 is 5.56 Å². The maximum absolute atomic E-state index is 12.4. The van der Waals surface area contributed by atoms with Gasteiger partial charge in [-0.05, 0) is 17.2 Å². The number of rotatable bonds is 1. The van der Waals surface area contributed by atoms with Crippen molar-refractivity contribution in [2.24, 2.45) is 7.05 Å². The molecule has 0 fully saturated rings. The highest BCUT2D eigenvalue weighted by molar-refractivity contribution is 6.08. The molecule has 0 aliphatic carbocycles. The van der Waals surface area contributed by atoms with Crippen LogP contribution in [0.1, 0.15) is 0 Å². The molecule has 0 saturated heterocycles. The molecule has 3 nitrogen and oxygen atoms in total. The SMILES string of the molecule is Cn1c(=O)cc(-c2ccccc2)c2ccc3cccnc3c21. The molecule has 3 heteroatoms. The third-order valence-corrected chi connectivity index (χ3v) is 4.06. The zero-order valence-corrected chi connectivity index (χ0v) is 12.2. The fourth-order valence-electron chi connectivity index (χ4n) is 2.95. The molecule has 0 radical (unpaired) electrons. The first kappa shape index (κ1) is 12.8. The van der Waals surface area contributed by atoms with Gasteiger partial charge >= 0.3 is 0 Å². The van der Waals surface area contributed by atoms with Gasteiger partial charge in [-0.15, -0.1) is 0 Å². The summed E-state index contributed by atoms with van der Waals surface area (Å²) >= 11 is 0. The molecular formula is C19H14N2O. The van der Waals surface area contributed by atoms with E-state index in [0.29, 0.717) is 0 Å². The van der Waals surface area contributed by atoms with Gasteiger partial charge in [-0.25, -0.2) is 0 Å². The zero-order chi connectivity index (χ0) is 15.1. The van der Waals surface area contributed by atoms with E-state index in [2.05, 4.69) is 17.1 Å². The Kier molecular flexibility index (Phi) is 2.79. The first-order chi connectivity index (χ1) is 10.8. The van der Waals surface area contributed by atoms with Crippen LogP contribution in [-0.2, 0) is 7.05 Å². The highest BCUT2D eigenvalue weighted by Crippen LogP contribution is 2.30. The van der Waals surface area contributed by atoms with Gasteiger partial charge in [0.25, 0.3) is 5.56 Å². The third-order valence-electron chi connectivity index (χ3n) is 4.06. The Morgan fingerprint density at radius 3 is 2.59 bits per heavy atom. The van der Waals surface area contributed by atoms with E-state index in [1.165, 1.54) is 0 Å². The average Bonchev–Trinajstić information content (AvgIpc) is 2.58. The number of aryl methyl sites for hydroxylation is 1. The second-order valence-corrected chi connectivity index (χ2v) is 5.36. The lowest BCUT2D eigenvalue weighted by Crippen LogP contribution is -2.16. The van der Waals surface area contributed by atoms with Crippen molar-refractivity contribution in [3.05, 3.63) is 77.2 Å². The van der Waals surface area contributed by atoms with E-state index in [1.54, 1.807) is 23.9 Å². The number of hydrogen-bond acceptors (Lipinski definition) is 2. The molecule has 0 spiro atoms. The van der Waals surface area contributed by atoms with E-state index in [4.69, 9.17) is 0 Å². The molecule has 0 N–H and O–H groups in total. The molecule has 2 heterocycles. The van der Waals surface area contributed by atoms with Crippen LogP contribution >= 0.6 is 0 Å². The minimum absolute atomic E-state index is 0.0236. The minimum Gasteiger partial charge on any atom is -0.309 e. The highest BCUT2D eigenvalue weighted by atomic mass is 16.1. The monoisotopic (exact) mass is 286 g/mol. The predicted octanol–water partition coefficient (Wildman–Crippen LogP) is 3.75. The van der Waals surface area contributed by atoms with Gasteiger partial charge in [0.15, 0.2) is 0 Å². The van der Waals surface area contributed by atoms with Crippen molar-refractivity contribution in [3.63, 3.8) is 0 Å². The number of hydrogen-bond donors (Lipinski definition) is 0. The fourth-order valence-corrected chi connectivity index (χ4v) is 2.95. The Balaban J connectivity index is 2.23.